The van der Waals surface area contributed by atoms with Gasteiger partial charge in [0.25, 0.3) is 0 Å². The van der Waals surface area contributed by atoms with Crippen LogP contribution in [0.3, 0.4) is 0 Å². The van der Waals surface area contributed by atoms with E-state index in [0.717, 1.165) is 19.3 Å². The standard InChI is InChI=1S/C15H26O2/c1-3-5-6-7-8-12-9-10-13(4-2)14(11-12)15(16)17/h9-10,12-14H,3-8,11H2,1-2H3,(H,16,17). The van der Waals surface area contributed by atoms with E-state index in [-0.39, 0.29) is 11.8 Å². The van der Waals surface area contributed by atoms with E-state index in [1.54, 1.807) is 0 Å². The summed E-state index contributed by atoms with van der Waals surface area (Å²) in [6.07, 6.45) is 12.4. The van der Waals surface area contributed by atoms with Gasteiger partial charge in [0.1, 0.15) is 0 Å². The first-order chi connectivity index (χ1) is 8.19. The van der Waals surface area contributed by atoms with Crippen molar-refractivity contribution in [3.63, 3.8) is 0 Å². The highest BCUT2D eigenvalue weighted by Gasteiger charge is 2.30. The van der Waals surface area contributed by atoms with Crippen molar-refractivity contribution < 1.29 is 9.90 Å². The van der Waals surface area contributed by atoms with Gasteiger partial charge in [-0.3, -0.25) is 4.79 Å². The van der Waals surface area contributed by atoms with Gasteiger partial charge in [0.15, 0.2) is 0 Å². The molecule has 0 spiro atoms. The van der Waals surface area contributed by atoms with Crippen molar-refractivity contribution in [2.75, 3.05) is 0 Å². The molecule has 1 aliphatic rings. The smallest absolute Gasteiger partial charge is 0.307 e. The molecule has 98 valence electrons. The van der Waals surface area contributed by atoms with Crippen molar-refractivity contribution in [2.45, 2.75) is 58.8 Å². The van der Waals surface area contributed by atoms with Gasteiger partial charge in [0.2, 0.25) is 0 Å². The molecule has 1 N–H and O–H groups in total. The van der Waals surface area contributed by atoms with E-state index in [1.165, 1.54) is 25.7 Å². The Morgan fingerprint density at radius 1 is 1.24 bits per heavy atom. The summed E-state index contributed by atoms with van der Waals surface area (Å²) < 4.78 is 0. The number of allylic oxidation sites excluding steroid dienone is 2. The highest BCUT2D eigenvalue weighted by atomic mass is 16.4. The molecule has 17 heavy (non-hydrogen) atoms. The van der Waals surface area contributed by atoms with Crippen LogP contribution in [-0.2, 0) is 4.79 Å². The predicted molar refractivity (Wildman–Crippen MR) is 70.9 cm³/mol. The molecule has 0 fully saturated rings. The Labute approximate surface area is 105 Å². The molecule has 0 bridgehead atoms. The van der Waals surface area contributed by atoms with E-state index in [0.29, 0.717) is 5.92 Å². The SMILES string of the molecule is CCCCCCC1C=CC(CC)C(C(=O)O)C1. The molecule has 3 unspecified atom stereocenters. The molecular weight excluding hydrogens is 212 g/mol. The lowest BCUT2D eigenvalue weighted by atomic mass is 9.76. The highest BCUT2D eigenvalue weighted by Crippen LogP contribution is 2.33. The third-order valence-electron chi connectivity index (χ3n) is 3.92. The number of carboxylic acids is 1. The number of aliphatic carboxylic acids is 1. The van der Waals surface area contributed by atoms with Crippen molar-refractivity contribution in [3.05, 3.63) is 12.2 Å². The summed E-state index contributed by atoms with van der Waals surface area (Å²) in [5.41, 5.74) is 0. The average molecular weight is 238 g/mol. The molecule has 1 rings (SSSR count). The lowest BCUT2D eigenvalue weighted by molar-refractivity contribution is -0.144. The Kier molecular flexibility index (Phi) is 6.31. The third kappa shape index (κ3) is 4.53. The second-order valence-corrected chi connectivity index (χ2v) is 5.25. The first-order valence-corrected chi connectivity index (χ1v) is 7.10. The van der Waals surface area contributed by atoms with Gasteiger partial charge in [-0.15, -0.1) is 0 Å². The fourth-order valence-electron chi connectivity index (χ4n) is 2.77. The molecule has 0 radical (unpaired) electrons. The number of hydrogen-bond acceptors (Lipinski definition) is 1. The Balaban J connectivity index is 2.41. The van der Waals surface area contributed by atoms with E-state index in [9.17, 15) is 9.90 Å². The van der Waals surface area contributed by atoms with Crippen LogP contribution in [0.15, 0.2) is 12.2 Å². The Bertz CT molecular complexity index is 258. The summed E-state index contributed by atoms with van der Waals surface area (Å²) in [7, 11) is 0. The molecule has 0 amide bonds. The van der Waals surface area contributed by atoms with Crippen LogP contribution >= 0.6 is 0 Å². The van der Waals surface area contributed by atoms with Gasteiger partial charge in [0.05, 0.1) is 5.92 Å². The lowest BCUT2D eigenvalue weighted by Gasteiger charge is -2.28. The van der Waals surface area contributed by atoms with Crippen molar-refractivity contribution in [2.24, 2.45) is 17.8 Å². The number of carbonyl (C=O) groups is 1. The van der Waals surface area contributed by atoms with Gasteiger partial charge in [-0.1, -0.05) is 51.7 Å². The third-order valence-corrected chi connectivity index (χ3v) is 3.92. The molecule has 0 aliphatic heterocycles. The van der Waals surface area contributed by atoms with Gasteiger partial charge in [-0.2, -0.15) is 0 Å². The molecule has 0 saturated heterocycles. The topological polar surface area (TPSA) is 37.3 Å². The van der Waals surface area contributed by atoms with Gasteiger partial charge in [-0.05, 0) is 31.1 Å². The Morgan fingerprint density at radius 2 is 2.00 bits per heavy atom. The largest absolute Gasteiger partial charge is 0.481 e. The highest BCUT2D eigenvalue weighted by molar-refractivity contribution is 5.71. The number of hydrogen-bond donors (Lipinski definition) is 1. The zero-order chi connectivity index (χ0) is 12.7. The molecular formula is C15H26O2. The van der Waals surface area contributed by atoms with E-state index in [2.05, 4.69) is 26.0 Å². The summed E-state index contributed by atoms with van der Waals surface area (Å²) in [5, 5.41) is 9.23. The molecule has 0 aromatic rings. The van der Waals surface area contributed by atoms with E-state index in [1.807, 2.05) is 0 Å². The minimum atomic E-state index is -0.611. The van der Waals surface area contributed by atoms with Crippen molar-refractivity contribution >= 4 is 5.97 Å². The summed E-state index contributed by atoms with van der Waals surface area (Å²) in [6, 6.07) is 0. The Hall–Kier alpha value is -0.790. The number of carboxylic acid groups (broad SMARTS) is 1. The van der Waals surface area contributed by atoms with Crippen molar-refractivity contribution in [1.29, 1.82) is 0 Å². The van der Waals surface area contributed by atoms with Crippen LogP contribution in [0.4, 0.5) is 0 Å². The molecule has 0 aromatic carbocycles. The molecule has 2 nitrogen and oxygen atoms in total. The molecule has 2 heteroatoms. The maximum atomic E-state index is 11.2. The first kappa shape index (κ1) is 14.3. The summed E-state index contributed by atoms with van der Waals surface area (Å²) >= 11 is 0. The number of unbranched alkanes of at least 4 members (excludes halogenated alkanes) is 3. The van der Waals surface area contributed by atoms with Gasteiger partial charge < -0.3 is 5.11 Å². The fraction of sp³-hybridized carbons (Fsp3) is 0.800. The van der Waals surface area contributed by atoms with Gasteiger partial charge in [-0.25, -0.2) is 0 Å². The summed E-state index contributed by atoms with van der Waals surface area (Å²) in [6.45, 7) is 4.29. The monoisotopic (exact) mass is 238 g/mol. The maximum Gasteiger partial charge on any atom is 0.307 e. The minimum absolute atomic E-state index is 0.152. The van der Waals surface area contributed by atoms with Gasteiger partial charge in [0, 0.05) is 0 Å². The molecule has 0 aromatic heterocycles. The van der Waals surface area contributed by atoms with Gasteiger partial charge >= 0.3 is 5.97 Å². The summed E-state index contributed by atoms with van der Waals surface area (Å²) in [4.78, 5) is 11.2. The fourth-order valence-corrected chi connectivity index (χ4v) is 2.77. The zero-order valence-corrected chi connectivity index (χ0v) is 11.2. The van der Waals surface area contributed by atoms with Crippen LogP contribution in [0.25, 0.3) is 0 Å². The van der Waals surface area contributed by atoms with Crippen LogP contribution < -0.4 is 0 Å². The minimum Gasteiger partial charge on any atom is -0.481 e. The maximum absolute atomic E-state index is 11.2. The van der Waals surface area contributed by atoms with Crippen molar-refractivity contribution in [3.8, 4) is 0 Å². The number of rotatable bonds is 7. The zero-order valence-electron chi connectivity index (χ0n) is 11.2. The molecule has 0 heterocycles. The van der Waals surface area contributed by atoms with E-state index in [4.69, 9.17) is 0 Å². The van der Waals surface area contributed by atoms with E-state index < -0.39 is 5.97 Å². The average Bonchev–Trinajstić information content (AvgIpc) is 2.34. The van der Waals surface area contributed by atoms with Crippen LogP contribution in [0.5, 0.6) is 0 Å². The first-order valence-electron chi connectivity index (χ1n) is 7.10. The molecule has 1 aliphatic carbocycles. The van der Waals surface area contributed by atoms with Crippen LogP contribution in [0.2, 0.25) is 0 Å². The van der Waals surface area contributed by atoms with Crippen LogP contribution in [0, 0.1) is 17.8 Å². The lowest BCUT2D eigenvalue weighted by Crippen LogP contribution is -2.27. The molecule has 0 saturated carbocycles. The van der Waals surface area contributed by atoms with E-state index >= 15 is 0 Å². The molecule has 3 atom stereocenters. The second kappa shape index (κ2) is 7.52. The Morgan fingerprint density at radius 3 is 2.59 bits per heavy atom. The quantitative estimate of drug-likeness (QED) is 0.531. The normalized spacial score (nSPS) is 28.2. The summed E-state index contributed by atoms with van der Waals surface area (Å²) in [5.74, 6) is -0.0175. The van der Waals surface area contributed by atoms with Crippen molar-refractivity contribution in [1.82, 2.24) is 0 Å². The predicted octanol–water partition coefficient (Wildman–Crippen LogP) is 4.26. The second-order valence-electron chi connectivity index (χ2n) is 5.25. The van der Waals surface area contributed by atoms with Crippen LogP contribution in [-0.4, -0.2) is 11.1 Å². The van der Waals surface area contributed by atoms with Crippen LogP contribution in [0.1, 0.15) is 58.8 Å².